The van der Waals surface area contributed by atoms with E-state index >= 15 is 0 Å². The van der Waals surface area contributed by atoms with Crippen molar-refractivity contribution in [3.05, 3.63) is 34.4 Å². The maximum atomic E-state index is 12.0. The molecule has 17 heavy (non-hydrogen) atoms. The fourth-order valence-corrected chi connectivity index (χ4v) is 2.12. The van der Waals surface area contributed by atoms with Crippen LogP contribution in [0.2, 0.25) is 0 Å². The van der Waals surface area contributed by atoms with Gasteiger partial charge in [-0.25, -0.2) is 0 Å². The summed E-state index contributed by atoms with van der Waals surface area (Å²) in [6.45, 7) is 2.48. The number of nitrogens with zero attached hydrogens (tertiary/aromatic N) is 2. The molecule has 1 aliphatic heterocycles. The molecule has 2 aromatic heterocycles. The van der Waals surface area contributed by atoms with E-state index in [1.54, 1.807) is 12.4 Å². The van der Waals surface area contributed by atoms with Gasteiger partial charge in [0.05, 0.1) is 28.7 Å². The van der Waals surface area contributed by atoms with Gasteiger partial charge in [0.1, 0.15) is 6.61 Å². The Morgan fingerprint density at radius 1 is 1.53 bits per heavy atom. The normalized spacial score (nSPS) is 17.8. The molecule has 1 atom stereocenters. The lowest BCUT2D eigenvalue weighted by molar-refractivity contribution is 0.112. The Hall–Kier alpha value is -2.17. The van der Waals surface area contributed by atoms with Gasteiger partial charge in [-0.2, -0.15) is 0 Å². The van der Waals surface area contributed by atoms with E-state index in [1.807, 2.05) is 11.5 Å². The Morgan fingerprint density at radius 2 is 2.35 bits per heavy atom. The molecular weight excluding hydrogens is 220 g/mol. The van der Waals surface area contributed by atoms with E-state index in [0.29, 0.717) is 29.5 Å². The maximum absolute atomic E-state index is 12.0. The molecule has 0 bridgehead atoms. The van der Waals surface area contributed by atoms with Crippen molar-refractivity contribution in [2.45, 2.75) is 13.0 Å². The van der Waals surface area contributed by atoms with E-state index in [2.05, 4.69) is 4.98 Å². The molecule has 5 nitrogen and oxygen atoms in total. The molecule has 2 aromatic rings. The van der Waals surface area contributed by atoms with Gasteiger partial charge in [0, 0.05) is 12.4 Å². The monoisotopic (exact) mass is 230 g/mol. The van der Waals surface area contributed by atoms with Crippen molar-refractivity contribution in [2.24, 2.45) is 0 Å². The number of hydrogen-bond donors (Lipinski definition) is 0. The second kappa shape index (κ2) is 3.41. The molecule has 0 saturated carbocycles. The quantitative estimate of drug-likeness (QED) is 0.690. The molecule has 0 spiro atoms. The zero-order valence-corrected chi connectivity index (χ0v) is 9.21. The number of carbonyl (C=O) groups is 1. The van der Waals surface area contributed by atoms with E-state index in [0.717, 1.165) is 0 Å². The van der Waals surface area contributed by atoms with E-state index in [1.165, 1.54) is 6.20 Å². The Bertz CT molecular complexity index is 675. The molecule has 0 saturated heterocycles. The summed E-state index contributed by atoms with van der Waals surface area (Å²) in [7, 11) is 0. The van der Waals surface area contributed by atoms with Crippen LogP contribution in [0.1, 0.15) is 23.3 Å². The fraction of sp³-hybridized carbons (Fsp3) is 0.250. The van der Waals surface area contributed by atoms with Gasteiger partial charge in [-0.1, -0.05) is 0 Å². The highest BCUT2D eigenvalue weighted by Crippen LogP contribution is 2.29. The molecule has 1 unspecified atom stereocenters. The third kappa shape index (κ3) is 1.28. The van der Waals surface area contributed by atoms with Gasteiger partial charge in [-0.3, -0.25) is 14.6 Å². The largest absolute Gasteiger partial charge is 0.488 e. The fourth-order valence-electron chi connectivity index (χ4n) is 2.12. The maximum Gasteiger partial charge on any atom is 0.201 e. The number of rotatable bonds is 1. The molecule has 0 aliphatic carbocycles. The average Bonchev–Trinajstić information content (AvgIpc) is 2.36. The minimum absolute atomic E-state index is 0.0895. The predicted octanol–water partition coefficient (Wildman–Crippen LogP) is 1.16. The van der Waals surface area contributed by atoms with Gasteiger partial charge in [-0.15, -0.1) is 0 Å². The third-order valence-electron chi connectivity index (χ3n) is 3.01. The van der Waals surface area contributed by atoms with Gasteiger partial charge in [0.2, 0.25) is 5.43 Å². The van der Waals surface area contributed by atoms with Crippen LogP contribution in [-0.4, -0.2) is 22.4 Å². The first-order chi connectivity index (χ1) is 8.22. The summed E-state index contributed by atoms with van der Waals surface area (Å²) in [6, 6.07) is 0.0895. The highest BCUT2D eigenvalue weighted by molar-refractivity contribution is 5.89. The average molecular weight is 230 g/mol. The minimum Gasteiger partial charge on any atom is -0.488 e. The van der Waals surface area contributed by atoms with Crippen LogP contribution >= 0.6 is 0 Å². The highest BCUT2D eigenvalue weighted by Gasteiger charge is 2.21. The first-order valence-electron chi connectivity index (χ1n) is 5.33. The van der Waals surface area contributed by atoms with Crippen LogP contribution in [0.15, 0.2) is 23.4 Å². The smallest absolute Gasteiger partial charge is 0.201 e. The second-order valence-electron chi connectivity index (χ2n) is 4.13. The molecule has 0 amide bonds. The standard InChI is InChI=1S/C12H10N2O3/c1-7-6-17-10-3-13-2-9-11(10)14(7)4-8(5-15)12(9)16/h2-5,7H,6H2,1H3. The number of ether oxygens (including phenoxy) is 1. The number of hydrogen-bond acceptors (Lipinski definition) is 4. The van der Waals surface area contributed by atoms with E-state index in [4.69, 9.17) is 4.74 Å². The lowest BCUT2D eigenvalue weighted by atomic mass is 10.1. The zero-order chi connectivity index (χ0) is 12.0. The van der Waals surface area contributed by atoms with Gasteiger partial charge in [0.15, 0.2) is 12.0 Å². The van der Waals surface area contributed by atoms with Crippen LogP contribution in [0.25, 0.3) is 10.9 Å². The van der Waals surface area contributed by atoms with Crippen molar-refractivity contribution >= 4 is 17.2 Å². The van der Waals surface area contributed by atoms with Crippen molar-refractivity contribution < 1.29 is 9.53 Å². The lowest BCUT2D eigenvalue weighted by Crippen LogP contribution is -2.24. The van der Waals surface area contributed by atoms with E-state index < -0.39 is 0 Å². The SMILES string of the molecule is CC1COc2cncc3c(=O)c(C=O)cn1c23. The van der Waals surface area contributed by atoms with Crippen LogP contribution in [0.4, 0.5) is 0 Å². The summed E-state index contributed by atoms with van der Waals surface area (Å²) in [6.07, 6.45) is 5.24. The molecular formula is C12H10N2O3. The van der Waals surface area contributed by atoms with Gasteiger partial charge < -0.3 is 9.30 Å². The summed E-state index contributed by atoms with van der Waals surface area (Å²) < 4.78 is 7.43. The van der Waals surface area contributed by atoms with Crippen molar-refractivity contribution in [1.29, 1.82) is 0 Å². The predicted molar refractivity (Wildman–Crippen MR) is 61.6 cm³/mol. The molecule has 3 heterocycles. The van der Waals surface area contributed by atoms with Crippen molar-refractivity contribution in [3.8, 4) is 5.75 Å². The highest BCUT2D eigenvalue weighted by atomic mass is 16.5. The Kier molecular flexibility index (Phi) is 2.01. The first-order valence-corrected chi connectivity index (χ1v) is 5.33. The second-order valence-corrected chi connectivity index (χ2v) is 4.13. The first kappa shape index (κ1) is 10.0. The summed E-state index contributed by atoms with van der Waals surface area (Å²) in [5, 5.41) is 0.429. The Labute approximate surface area is 96.7 Å². The number of pyridine rings is 2. The van der Waals surface area contributed by atoms with Crippen LogP contribution in [-0.2, 0) is 0 Å². The molecule has 0 N–H and O–H groups in total. The molecule has 86 valence electrons. The minimum atomic E-state index is -0.293. The molecule has 3 rings (SSSR count). The third-order valence-corrected chi connectivity index (χ3v) is 3.01. The molecule has 0 fully saturated rings. The Balaban J connectivity index is 2.54. The summed E-state index contributed by atoms with van der Waals surface area (Å²) in [5.74, 6) is 0.593. The Morgan fingerprint density at radius 3 is 3.12 bits per heavy atom. The van der Waals surface area contributed by atoms with Gasteiger partial charge in [0.25, 0.3) is 0 Å². The molecule has 0 radical (unpaired) electrons. The van der Waals surface area contributed by atoms with Gasteiger partial charge in [-0.05, 0) is 6.92 Å². The van der Waals surface area contributed by atoms with Crippen LogP contribution in [0, 0.1) is 0 Å². The van der Waals surface area contributed by atoms with E-state index in [9.17, 15) is 9.59 Å². The summed E-state index contributed by atoms with van der Waals surface area (Å²) in [5.41, 5.74) is 0.581. The van der Waals surface area contributed by atoms with E-state index in [-0.39, 0.29) is 17.0 Å². The topological polar surface area (TPSA) is 61.2 Å². The molecule has 5 heteroatoms. The zero-order valence-electron chi connectivity index (χ0n) is 9.21. The number of aromatic nitrogens is 2. The number of aldehydes is 1. The van der Waals surface area contributed by atoms with Crippen molar-refractivity contribution in [3.63, 3.8) is 0 Å². The van der Waals surface area contributed by atoms with Crippen LogP contribution in [0.5, 0.6) is 5.75 Å². The summed E-state index contributed by atoms with van der Waals surface area (Å²) >= 11 is 0. The summed E-state index contributed by atoms with van der Waals surface area (Å²) in [4.78, 5) is 26.8. The number of carbonyl (C=O) groups excluding carboxylic acids is 1. The molecule has 1 aliphatic rings. The molecule has 0 aromatic carbocycles. The van der Waals surface area contributed by atoms with Crippen LogP contribution < -0.4 is 10.2 Å². The lowest BCUT2D eigenvalue weighted by Gasteiger charge is -2.26. The van der Waals surface area contributed by atoms with Crippen molar-refractivity contribution in [2.75, 3.05) is 6.61 Å². The van der Waals surface area contributed by atoms with Crippen molar-refractivity contribution in [1.82, 2.24) is 9.55 Å². The van der Waals surface area contributed by atoms with Crippen LogP contribution in [0.3, 0.4) is 0 Å². The van der Waals surface area contributed by atoms with Gasteiger partial charge >= 0.3 is 0 Å².